The third-order valence-electron chi connectivity index (χ3n) is 2.75. The molecule has 3 aliphatic rings. The van der Waals surface area contributed by atoms with Gasteiger partial charge < -0.3 is 0 Å². The second kappa shape index (κ2) is 3.51. The molecule has 1 aromatic rings. The summed E-state index contributed by atoms with van der Waals surface area (Å²) < 4.78 is 1.69. The maximum atomic E-state index is 4.39. The minimum Gasteiger partial charge on any atom is -0.265 e. The zero-order valence-electron chi connectivity index (χ0n) is 9.83. The third-order valence-corrected chi connectivity index (χ3v) is 2.75. The van der Waals surface area contributed by atoms with Gasteiger partial charge in [0, 0.05) is 13.2 Å². The fourth-order valence-electron chi connectivity index (χ4n) is 1.88. The number of nitrogens with zero attached hydrogens (tertiary/aromatic N) is 9. The highest BCUT2D eigenvalue weighted by molar-refractivity contribution is 6.29. The molecule has 0 amide bonds. The van der Waals surface area contributed by atoms with Crippen molar-refractivity contribution in [3.63, 3.8) is 0 Å². The molecule has 4 heterocycles. The van der Waals surface area contributed by atoms with E-state index in [-0.39, 0.29) is 0 Å². The maximum absolute atomic E-state index is 4.39. The van der Waals surface area contributed by atoms with Gasteiger partial charge in [0.15, 0.2) is 5.84 Å². The van der Waals surface area contributed by atoms with Crippen LogP contribution in [0.4, 0.5) is 0 Å². The van der Waals surface area contributed by atoms with Crippen molar-refractivity contribution < 1.29 is 0 Å². The van der Waals surface area contributed by atoms with E-state index in [1.807, 2.05) is 13.1 Å². The van der Waals surface area contributed by atoms with E-state index in [9.17, 15) is 0 Å². The summed E-state index contributed by atoms with van der Waals surface area (Å²) in [6.45, 7) is 0. The summed E-state index contributed by atoms with van der Waals surface area (Å²) in [5.41, 5.74) is 0.789. The molecule has 0 atom stereocenters. The Bertz CT molecular complexity index is 741. The second-order valence-corrected chi connectivity index (χ2v) is 3.87. The lowest BCUT2D eigenvalue weighted by Gasteiger charge is -2.27. The maximum Gasteiger partial charge on any atom is 0.243 e. The molecule has 0 spiro atoms. The van der Waals surface area contributed by atoms with Crippen LogP contribution in [-0.4, -0.2) is 51.1 Å². The number of aromatic nitrogens is 2. The van der Waals surface area contributed by atoms with Crippen molar-refractivity contribution in [1.29, 1.82) is 0 Å². The standard InChI is InChI=1S/C10H7N9/c1-18-6(2-3-15-18)7-16-9-13-4-11-8-12-5-14-10(17-7)19(8)9/h2-5H,1H3. The molecule has 0 unspecified atom stereocenters. The lowest BCUT2D eigenvalue weighted by Crippen LogP contribution is -2.46. The van der Waals surface area contributed by atoms with Crippen LogP contribution >= 0.6 is 0 Å². The minimum absolute atomic E-state index is 0.451. The van der Waals surface area contributed by atoms with Crippen LogP contribution in [0, 0.1) is 0 Å². The summed E-state index contributed by atoms with van der Waals surface area (Å²) in [5, 5.41) is 4.10. The van der Waals surface area contributed by atoms with Crippen molar-refractivity contribution in [3.8, 4) is 0 Å². The van der Waals surface area contributed by atoms with E-state index < -0.39 is 0 Å². The molecular weight excluding hydrogens is 246 g/mol. The summed E-state index contributed by atoms with van der Waals surface area (Å²) in [6.07, 6.45) is 4.51. The summed E-state index contributed by atoms with van der Waals surface area (Å²) >= 11 is 0. The predicted octanol–water partition coefficient (Wildman–Crippen LogP) is -0.366. The Morgan fingerprint density at radius 3 is 2.53 bits per heavy atom. The predicted molar refractivity (Wildman–Crippen MR) is 70.9 cm³/mol. The Hall–Kier alpha value is -2.97. The fourth-order valence-corrected chi connectivity index (χ4v) is 1.88. The Balaban J connectivity index is 1.89. The highest BCUT2D eigenvalue weighted by Gasteiger charge is 2.31. The van der Waals surface area contributed by atoms with Gasteiger partial charge in [-0.2, -0.15) is 15.1 Å². The first-order valence-corrected chi connectivity index (χ1v) is 5.49. The minimum atomic E-state index is 0.451. The largest absolute Gasteiger partial charge is 0.265 e. The number of hydrogen-bond donors (Lipinski definition) is 0. The lowest BCUT2D eigenvalue weighted by molar-refractivity contribution is 0.756. The molecular formula is C10H7N9. The molecule has 0 fully saturated rings. The number of aryl methyl sites for hydroxylation is 1. The van der Waals surface area contributed by atoms with Crippen LogP contribution in [0.5, 0.6) is 0 Å². The van der Waals surface area contributed by atoms with Gasteiger partial charge in [0.1, 0.15) is 18.4 Å². The van der Waals surface area contributed by atoms with E-state index in [0.717, 1.165) is 5.69 Å². The number of aliphatic imine (C=N–C) groups is 6. The molecule has 0 aromatic carbocycles. The van der Waals surface area contributed by atoms with Gasteiger partial charge in [0.25, 0.3) is 0 Å². The molecule has 92 valence electrons. The fraction of sp³-hybridized carbons (Fsp3) is 0.100. The number of hydrogen-bond acceptors (Lipinski definition) is 8. The van der Waals surface area contributed by atoms with Gasteiger partial charge in [-0.25, -0.2) is 24.9 Å². The van der Waals surface area contributed by atoms with Crippen LogP contribution in [0.2, 0.25) is 0 Å². The Morgan fingerprint density at radius 1 is 0.947 bits per heavy atom. The average molecular weight is 253 g/mol. The Labute approximate surface area is 107 Å². The summed E-state index contributed by atoms with van der Waals surface area (Å²) in [5.74, 6) is 1.88. The summed E-state index contributed by atoms with van der Waals surface area (Å²) in [6, 6.07) is 1.83. The molecule has 1 aromatic heterocycles. The second-order valence-electron chi connectivity index (χ2n) is 3.87. The van der Waals surface area contributed by atoms with Crippen LogP contribution in [0.15, 0.2) is 42.2 Å². The zero-order valence-corrected chi connectivity index (χ0v) is 9.83. The van der Waals surface area contributed by atoms with E-state index >= 15 is 0 Å². The van der Waals surface area contributed by atoms with Crippen LogP contribution < -0.4 is 0 Å². The molecule has 0 N–H and O–H groups in total. The van der Waals surface area contributed by atoms with E-state index in [0.29, 0.717) is 23.7 Å². The van der Waals surface area contributed by atoms with Crippen LogP contribution in [0.25, 0.3) is 0 Å². The first kappa shape index (κ1) is 10.00. The van der Waals surface area contributed by atoms with Gasteiger partial charge in [0.2, 0.25) is 17.9 Å². The van der Waals surface area contributed by atoms with Crippen molar-refractivity contribution in [2.24, 2.45) is 37.0 Å². The van der Waals surface area contributed by atoms with Crippen molar-refractivity contribution in [1.82, 2.24) is 14.7 Å². The lowest BCUT2D eigenvalue weighted by atomic mass is 10.4. The first-order valence-electron chi connectivity index (χ1n) is 5.49. The topological polar surface area (TPSA) is 95.2 Å². The molecule has 0 aliphatic carbocycles. The summed E-state index contributed by atoms with van der Waals surface area (Å²) in [7, 11) is 1.82. The molecule has 4 rings (SSSR count). The molecule has 19 heavy (non-hydrogen) atoms. The average Bonchev–Trinajstić information content (AvgIpc) is 2.85. The van der Waals surface area contributed by atoms with E-state index in [4.69, 9.17) is 0 Å². The molecule has 0 bridgehead atoms. The van der Waals surface area contributed by atoms with Crippen molar-refractivity contribution >= 4 is 36.4 Å². The normalized spacial score (nSPS) is 19.5. The van der Waals surface area contributed by atoms with Gasteiger partial charge in [0.05, 0.1) is 0 Å². The molecule has 9 nitrogen and oxygen atoms in total. The van der Waals surface area contributed by atoms with Gasteiger partial charge in [-0.05, 0) is 6.07 Å². The van der Waals surface area contributed by atoms with Crippen molar-refractivity contribution in [2.45, 2.75) is 0 Å². The van der Waals surface area contributed by atoms with Gasteiger partial charge in [-0.15, -0.1) is 0 Å². The van der Waals surface area contributed by atoms with E-state index in [1.54, 1.807) is 15.8 Å². The Kier molecular flexibility index (Phi) is 1.85. The van der Waals surface area contributed by atoms with Gasteiger partial charge >= 0.3 is 0 Å². The van der Waals surface area contributed by atoms with Crippen LogP contribution in [0.1, 0.15) is 5.69 Å². The monoisotopic (exact) mass is 253 g/mol. The highest BCUT2D eigenvalue weighted by atomic mass is 15.5. The van der Waals surface area contributed by atoms with Crippen molar-refractivity contribution in [2.75, 3.05) is 0 Å². The molecule has 0 saturated heterocycles. The molecule has 0 saturated carbocycles. The number of amidine groups is 1. The highest BCUT2D eigenvalue weighted by Crippen LogP contribution is 2.16. The van der Waals surface area contributed by atoms with E-state index in [1.165, 1.54) is 12.7 Å². The molecule has 0 radical (unpaired) electrons. The summed E-state index contributed by atoms with van der Waals surface area (Å²) in [4.78, 5) is 26.7. The van der Waals surface area contributed by atoms with Gasteiger partial charge in [-0.3, -0.25) is 4.68 Å². The van der Waals surface area contributed by atoms with Crippen LogP contribution in [-0.2, 0) is 7.05 Å². The smallest absolute Gasteiger partial charge is 0.243 e. The third kappa shape index (κ3) is 1.38. The quantitative estimate of drug-likeness (QED) is 0.682. The van der Waals surface area contributed by atoms with E-state index in [2.05, 4.69) is 35.1 Å². The first-order chi connectivity index (χ1) is 9.33. The zero-order chi connectivity index (χ0) is 12.8. The Morgan fingerprint density at radius 2 is 1.74 bits per heavy atom. The van der Waals surface area contributed by atoms with Crippen LogP contribution in [0.3, 0.4) is 0 Å². The SMILES string of the molecule is Cn1nccc1C1=NC2=NC=NC3=NC=NC(=N1)N32. The van der Waals surface area contributed by atoms with Gasteiger partial charge in [-0.1, -0.05) is 0 Å². The number of guanidine groups is 3. The van der Waals surface area contributed by atoms with Crippen molar-refractivity contribution in [3.05, 3.63) is 18.0 Å². The molecule has 3 aliphatic heterocycles. The molecule has 9 heteroatoms. The number of rotatable bonds is 1.